The van der Waals surface area contributed by atoms with Crippen molar-refractivity contribution in [2.24, 2.45) is 16.7 Å². The first-order chi connectivity index (χ1) is 30.7. The highest BCUT2D eigenvalue weighted by atomic mass is 19.1. The van der Waals surface area contributed by atoms with Gasteiger partial charge in [-0.2, -0.15) is 0 Å². The number of likely N-dealkylation sites (N-methyl/N-ethyl adjacent to an activating group) is 1. The maximum atomic E-state index is 14.3. The summed E-state index contributed by atoms with van der Waals surface area (Å²) in [5.41, 5.74) is 2.24. The second-order valence-corrected chi connectivity index (χ2v) is 20.2. The number of carbonyl (C=O) groups excluding carboxylic acids is 3. The average Bonchev–Trinajstić information content (AvgIpc) is 4.00. The van der Waals surface area contributed by atoms with Crippen LogP contribution >= 0.6 is 0 Å². The Morgan fingerprint density at radius 1 is 0.923 bits per heavy atom. The van der Waals surface area contributed by atoms with Crippen LogP contribution in [-0.2, 0) is 23.9 Å². The third-order valence-electron chi connectivity index (χ3n) is 12.8. The fourth-order valence-electron chi connectivity index (χ4n) is 9.65. The van der Waals surface area contributed by atoms with Crippen LogP contribution < -0.4 is 26.2 Å². The largest absolute Gasteiger partial charge is 0.379 e. The number of nitrogens with one attached hydrogen (secondary N) is 4. The molecule has 362 valence electrons. The molecule has 0 aliphatic carbocycles. The maximum Gasteiger partial charge on any atom is 0.247 e. The van der Waals surface area contributed by atoms with E-state index in [0.29, 0.717) is 50.2 Å². The van der Waals surface area contributed by atoms with Crippen LogP contribution in [0.2, 0.25) is 0 Å². The number of likely N-dealkylation sites (tertiary alicyclic amines) is 2. The lowest BCUT2D eigenvalue weighted by molar-refractivity contribution is -0.142. The Bertz CT molecular complexity index is 1880. The molecule has 3 fully saturated rings. The van der Waals surface area contributed by atoms with Crippen molar-refractivity contribution in [2.75, 3.05) is 46.0 Å². The third-order valence-corrected chi connectivity index (χ3v) is 12.8. The fraction of sp³-hybridized carbons (Fsp3) is 0.627. The van der Waals surface area contributed by atoms with Crippen LogP contribution in [0.4, 0.5) is 10.1 Å². The summed E-state index contributed by atoms with van der Waals surface area (Å²) in [6, 6.07) is 4.29. The van der Waals surface area contributed by atoms with E-state index in [2.05, 4.69) is 73.4 Å². The van der Waals surface area contributed by atoms with Gasteiger partial charge in [0.2, 0.25) is 17.7 Å². The summed E-state index contributed by atoms with van der Waals surface area (Å²) >= 11 is 0. The number of hydrogen-bond donors (Lipinski definition) is 5. The van der Waals surface area contributed by atoms with Crippen molar-refractivity contribution in [2.45, 2.75) is 149 Å². The molecular weight excluding hydrogens is 826 g/mol. The number of ether oxygens (including phenoxy) is 2. The molecule has 0 saturated carbocycles. The Morgan fingerprint density at radius 3 is 2.15 bits per heavy atom. The number of aliphatic hydroxyl groups excluding tert-OH is 1. The second kappa shape index (κ2) is 24.0. The number of allylic oxidation sites excluding steroid dienone is 4. The molecule has 13 nitrogen and oxygen atoms in total. The number of carbonyl (C=O) groups is 3. The monoisotopic (exact) mass is 906 g/mol. The van der Waals surface area contributed by atoms with Gasteiger partial charge in [-0.1, -0.05) is 86.3 Å². The zero-order valence-corrected chi connectivity index (χ0v) is 41.2. The molecule has 0 spiro atoms. The molecule has 0 aromatic heterocycles. The van der Waals surface area contributed by atoms with Gasteiger partial charge in [0.15, 0.2) is 0 Å². The van der Waals surface area contributed by atoms with E-state index in [0.717, 1.165) is 24.1 Å². The van der Waals surface area contributed by atoms with E-state index in [9.17, 15) is 23.9 Å². The number of rotatable bonds is 20. The summed E-state index contributed by atoms with van der Waals surface area (Å²) in [5.74, 6) is -0.744. The van der Waals surface area contributed by atoms with E-state index in [1.807, 2.05) is 63.9 Å². The summed E-state index contributed by atoms with van der Waals surface area (Å²) in [6.45, 7) is 23.8. The molecule has 8 atom stereocenters. The van der Waals surface area contributed by atoms with Crippen molar-refractivity contribution < 1.29 is 33.4 Å². The van der Waals surface area contributed by atoms with Crippen LogP contribution in [0.5, 0.6) is 0 Å². The van der Waals surface area contributed by atoms with Crippen molar-refractivity contribution in [1.82, 2.24) is 31.1 Å². The summed E-state index contributed by atoms with van der Waals surface area (Å²) in [7, 11) is 5.11. The molecule has 1 aromatic carbocycles. The number of anilines is 1. The highest BCUT2D eigenvalue weighted by molar-refractivity contribution is 5.91. The summed E-state index contributed by atoms with van der Waals surface area (Å²) < 4.78 is 25.7. The smallest absolute Gasteiger partial charge is 0.247 e. The van der Waals surface area contributed by atoms with Crippen molar-refractivity contribution >= 4 is 23.4 Å². The van der Waals surface area contributed by atoms with E-state index in [4.69, 9.17) is 9.47 Å². The molecule has 65 heavy (non-hydrogen) atoms. The van der Waals surface area contributed by atoms with Gasteiger partial charge in [-0.3, -0.25) is 24.6 Å². The van der Waals surface area contributed by atoms with Crippen molar-refractivity contribution in [3.05, 3.63) is 90.1 Å². The van der Waals surface area contributed by atoms with Gasteiger partial charge in [0.25, 0.3) is 0 Å². The Balaban J connectivity index is 1.52. The highest BCUT2D eigenvalue weighted by Gasteiger charge is 2.44. The van der Waals surface area contributed by atoms with E-state index >= 15 is 0 Å². The molecule has 0 radical (unpaired) electrons. The maximum absolute atomic E-state index is 14.3. The van der Waals surface area contributed by atoms with Gasteiger partial charge in [0, 0.05) is 50.8 Å². The van der Waals surface area contributed by atoms with Gasteiger partial charge in [-0.15, -0.1) is 0 Å². The zero-order valence-electron chi connectivity index (χ0n) is 41.2. The van der Waals surface area contributed by atoms with Crippen LogP contribution in [-0.4, -0.2) is 122 Å². The number of amides is 3. The highest BCUT2D eigenvalue weighted by Crippen LogP contribution is 2.38. The lowest BCUT2D eigenvalue weighted by Gasteiger charge is -2.40. The van der Waals surface area contributed by atoms with Gasteiger partial charge in [0.05, 0.1) is 43.0 Å². The number of nitrogens with zero attached hydrogens (tertiary/aromatic N) is 3. The minimum atomic E-state index is -0.824. The van der Waals surface area contributed by atoms with Crippen molar-refractivity contribution in [3.8, 4) is 0 Å². The Kier molecular flexibility index (Phi) is 19.7. The van der Waals surface area contributed by atoms with E-state index < -0.39 is 29.8 Å². The van der Waals surface area contributed by atoms with Gasteiger partial charge in [-0.25, -0.2) is 4.39 Å². The van der Waals surface area contributed by atoms with Gasteiger partial charge >= 0.3 is 0 Å². The Labute approximate surface area is 389 Å². The average molecular weight is 906 g/mol. The van der Waals surface area contributed by atoms with Crippen LogP contribution in [0.25, 0.3) is 0 Å². The van der Waals surface area contributed by atoms with Crippen LogP contribution in [0.3, 0.4) is 0 Å². The van der Waals surface area contributed by atoms with Crippen LogP contribution in [0, 0.1) is 22.6 Å². The molecule has 0 bridgehead atoms. The lowest BCUT2D eigenvalue weighted by Crippen LogP contribution is -2.58. The molecule has 14 heteroatoms. The molecule has 3 amide bonds. The fourth-order valence-corrected chi connectivity index (χ4v) is 9.65. The van der Waals surface area contributed by atoms with Gasteiger partial charge in [-0.05, 0) is 105 Å². The minimum absolute atomic E-state index is 0.132. The predicted octanol–water partition coefficient (Wildman–Crippen LogP) is 6.54. The molecule has 3 aliphatic rings. The topological polar surface area (TPSA) is 148 Å². The molecule has 3 aliphatic heterocycles. The molecule has 3 heterocycles. The normalized spacial score (nSPS) is 24.1. The molecule has 4 rings (SSSR count). The number of aliphatic hydroxyl groups is 1. The standard InChI is InChI=1S/C51H80FN7O6/c1-14-35(23-22-34(4)55-46(60)40-20-16-29-58(40)49(63)45(51(8,9)10)54-32-64-12)42-31-43(65-13)39(59(42)38-26-24-36(52)25-27-38)19-15-18-37(30-33(2)3)56-47(61)41-21-17-28-57(41)48(62)44(53-11)50(5,6)7/h14-15,18,22-27,30,33,39-45,48,53-54,62H,4,16-17,19-21,28-29,31-32H2,1-3,5-13H3,(H,55,60)(H,56,61)/b18-15-,23-22-,35-14+,37-30+/t39-,40?,41-,42+,43?,44?,45?,48?/m0/s1. The summed E-state index contributed by atoms with van der Waals surface area (Å²) in [5, 5.41) is 24.0. The SMILES string of the molecule is C=C(/C=C\C(=C/C)[C@H]1CC(OC)[C@H](C/C=C\C(=C/C(C)C)NC(=O)[C@@H]2CCCN2C(O)C(NC)C(C)(C)C)N1c1ccc(F)cc1)NC(=O)C1CCCN1C(=O)C(NCOC)C(C)(C)C. The molecule has 5 N–H and O–H groups in total. The van der Waals surface area contributed by atoms with Gasteiger partial charge in [0.1, 0.15) is 18.1 Å². The zero-order chi connectivity index (χ0) is 48.2. The second-order valence-electron chi connectivity index (χ2n) is 20.2. The number of methoxy groups -OCH3 is 2. The number of benzene rings is 1. The summed E-state index contributed by atoms with van der Waals surface area (Å²) in [4.78, 5) is 47.2. The number of hydrogen-bond acceptors (Lipinski definition) is 10. The molecular formula is C51H80FN7O6. The first kappa shape index (κ1) is 53.4. The molecule has 3 saturated heterocycles. The number of halogens is 1. The van der Waals surface area contributed by atoms with Crippen LogP contribution in [0.15, 0.2) is 84.3 Å². The van der Waals surface area contributed by atoms with Gasteiger partial charge < -0.3 is 40.3 Å². The van der Waals surface area contributed by atoms with E-state index in [1.54, 1.807) is 37.3 Å². The minimum Gasteiger partial charge on any atom is -0.379 e. The Hall–Kier alpha value is -4.18. The van der Waals surface area contributed by atoms with Crippen LogP contribution in [0.1, 0.15) is 101 Å². The lowest BCUT2D eigenvalue weighted by atomic mass is 9.85. The van der Waals surface area contributed by atoms with E-state index in [1.165, 1.54) is 12.1 Å². The molecule has 1 aromatic rings. The first-order valence-corrected chi connectivity index (χ1v) is 23.4. The summed E-state index contributed by atoms with van der Waals surface area (Å²) in [6.07, 6.45) is 14.7. The van der Waals surface area contributed by atoms with E-state index in [-0.39, 0.29) is 65.8 Å². The first-order valence-electron chi connectivity index (χ1n) is 23.4. The van der Waals surface area contributed by atoms with Crippen molar-refractivity contribution in [1.29, 1.82) is 0 Å². The predicted molar refractivity (Wildman–Crippen MR) is 258 cm³/mol. The third kappa shape index (κ3) is 14.2. The Morgan fingerprint density at radius 2 is 1.57 bits per heavy atom. The molecule has 5 unspecified atom stereocenters. The quantitative estimate of drug-likeness (QED) is 0.0723. The van der Waals surface area contributed by atoms with Crippen molar-refractivity contribution in [3.63, 3.8) is 0 Å².